The summed E-state index contributed by atoms with van der Waals surface area (Å²) in [4.78, 5) is 0. The second-order valence-electron chi connectivity index (χ2n) is 3.84. The molecule has 1 aromatic carbocycles. The molecule has 0 unspecified atom stereocenters. The van der Waals surface area contributed by atoms with Crippen molar-refractivity contribution in [2.45, 2.75) is 19.3 Å². The first kappa shape index (κ1) is 9.44. The molecule has 1 nitrogen and oxygen atoms in total. The predicted molar refractivity (Wildman–Crippen MR) is 52.2 cm³/mol. The summed E-state index contributed by atoms with van der Waals surface area (Å²) in [6.07, 6.45) is 3.74. The van der Waals surface area contributed by atoms with E-state index < -0.39 is 11.6 Å². The van der Waals surface area contributed by atoms with Crippen molar-refractivity contribution in [3.63, 3.8) is 0 Å². The molecule has 1 N–H and O–H groups in total. The molecule has 0 heterocycles. The van der Waals surface area contributed by atoms with Crippen molar-refractivity contribution in [1.29, 1.82) is 0 Å². The Morgan fingerprint density at radius 2 is 1.79 bits per heavy atom. The molecule has 1 saturated carbocycles. The topological polar surface area (TPSA) is 12.0 Å². The molecule has 0 saturated heterocycles. The van der Waals surface area contributed by atoms with Crippen molar-refractivity contribution in [1.82, 2.24) is 0 Å². The summed E-state index contributed by atoms with van der Waals surface area (Å²) in [7, 11) is 0. The molecule has 1 aliphatic rings. The third-order valence-electron chi connectivity index (χ3n) is 2.68. The van der Waals surface area contributed by atoms with E-state index in [-0.39, 0.29) is 0 Å². The van der Waals surface area contributed by atoms with Crippen LogP contribution in [-0.4, -0.2) is 6.54 Å². The Morgan fingerprint density at radius 1 is 1.14 bits per heavy atom. The van der Waals surface area contributed by atoms with Crippen LogP contribution in [0.25, 0.3) is 0 Å². The molecule has 0 aliphatic heterocycles. The molecule has 1 aliphatic carbocycles. The van der Waals surface area contributed by atoms with Gasteiger partial charge in [-0.15, -0.1) is 0 Å². The summed E-state index contributed by atoms with van der Waals surface area (Å²) < 4.78 is 25.5. The standard InChI is InChI=1S/C11H13F2N/c12-9-4-10(13)6-11(5-9)14-7-8-2-1-3-8/h4-6,8,14H,1-3,7H2. The maximum Gasteiger partial charge on any atom is 0.128 e. The molecule has 76 valence electrons. The smallest absolute Gasteiger partial charge is 0.128 e. The Kier molecular flexibility index (Phi) is 2.66. The Hall–Kier alpha value is -1.12. The zero-order chi connectivity index (χ0) is 9.97. The molecule has 0 radical (unpaired) electrons. The van der Waals surface area contributed by atoms with Crippen molar-refractivity contribution < 1.29 is 8.78 Å². The van der Waals surface area contributed by atoms with Gasteiger partial charge in [0.25, 0.3) is 0 Å². The first-order chi connectivity index (χ1) is 6.74. The number of rotatable bonds is 3. The van der Waals surface area contributed by atoms with Gasteiger partial charge in [0, 0.05) is 18.3 Å². The number of nitrogens with one attached hydrogen (secondary N) is 1. The summed E-state index contributed by atoms with van der Waals surface area (Å²) in [5, 5.41) is 3.05. The molecule has 3 heteroatoms. The highest BCUT2D eigenvalue weighted by Crippen LogP contribution is 2.26. The third kappa shape index (κ3) is 2.22. The Balaban J connectivity index is 1.94. The van der Waals surface area contributed by atoms with E-state index in [1.807, 2.05) is 0 Å². The lowest BCUT2D eigenvalue weighted by molar-refractivity contribution is 0.333. The monoisotopic (exact) mass is 197 g/mol. The largest absolute Gasteiger partial charge is 0.385 e. The van der Waals surface area contributed by atoms with Crippen molar-refractivity contribution in [2.75, 3.05) is 11.9 Å². The molecule has 14 heavy (non-hydrogen) atoms. The zero-order valence-corrected chi connectivity index (χ0v) is 7.89. The van der Waals surface area contributed by atoms with Gasteiger partial charge in [-0.1, -0.05) is 6.42 Å². The molecular formula is C11H13F2N. The normalized spacial score (nSPS) is 16.4. The SMILES string of the molecule is Fc1cc(F)cc(NCC2CCC2)c1. The van der Waals surface area contributed by atoms with Gasteiger partial charge in [-0.25, -0.2) is 8.78 Å². The van der Waals surface area contributed by atoms with Crippen LogP contribution in [-0.2, 0) is 0 Å². The quantitative estimate of drug-likeness (QED) is 0.784. The van der Waals surface area contributed by atoms with Crippen LogP contribution < -0.4 is 5.32 Å². The van der Waals surface area contributed by atoms with Crippen LogP contribution in [0.3, 0.4) is 0 Å². The average molecular weight is 197 g/mol. The molecule has 0 amide bonds. The van der Waals surface area contributed by atoms with E-state index in [4.69, 9.17) is 0 Å². The molecule has 1 aromatic rings. The molecule has 0 aromatic heterocycles. The fourth-order valence-electron chi connectivity index (χ4n) is 1.62. The van der Waals surface area contributed by atoms with E-state index >= 15 is 0 Å². The Labute approximate surface area is 82.1 Å². The van der Waals surface area contributed by atoms with Gasteiger partial charge in [-0.05, 0) is 30.9 Å². The van der Waals surface area contributed by atoms with Crippen molar-refractivity contribution in [3.8, 4) is 0 Å². The minimum Gasteiger partial charge on any atom is -0.385 e. The zero-order valence-electron chi connectivity index (χ0n) is 7.89. The summed E-state index contributed by atoms with van der Waals surface area (Å²) in [5.41, 5.74) is 0.536. The highest BCUT2D eigenvalue weighted by atomic mass is 19.1. The molecule has 0 spiro atoms. The summed E-state index contributed by atoms with van der Waals surface area (Å²) >= 11 is 0. The van der Waals surface area contributed by atoms with E-state index in [1.165, 1.54) is 31.4 Å². The van der Waals surface area contributed by atoms with E-state index in [1.54, 1.807) is 0 Å². The van der Waals surface area contributed by atoms with Gasteiger partial charge in [0.2, 0.25) is 0 Å². The lowest BCUT2D eigenvalue weighted by atomic mass is 9.85. The number of halogens is 2. The summed E-state index contributed by atoms with van der Waals surface area (Å²) in [6.45, 7) is 0.822. The van der Waals surface area contributed by atoms with E-state index in [0.29, 0.717) is 11.6 Å². The van der Waals surface area contributed by atoms with E-state index in [0.717, 1.165) is 12.6 Å². The average Bonchev–Trinajstić information content (AvgIpc) is 1.99. The van der Waals surface area contributed by atoms with Crippen LogP contribution in [0.15, 0.2) is 18.2 Å². The van der Waals surface area contributed by atoms with Gasteiger partial charge in [0.05, 0.1) is 0 Å². The van der Waals surface area contributed by atoms with Crippen LogP contribution in [0, 0.1) is 17.6 Å². The van der Waals surface area contributed by atoms with Gasteiger partial charge in [0.15, 0.2) is 0 Å². The van der Waals surface area contributed by atoms with Gasteiger partial charge in [0.1, 0.15) is 11.6 Å². The maximum absolute atomic E-state index is 12.8. The highest BCUT2D eigenvalue weighted by molar-refractivity contribution is 5.43. The summed E-state index contributed by atoms with van der Waals surface area (Å²) in [5.74, 6) is -0.372. The van der Waals surface area contributed by atoms with Crippen molar-refractivity contribution in [2.24, 2.45) is 5.92 Å². The van der Waals surface area contributed by atoms with Crippen LogP contribution in [0.1, 0.15) is 19.3 Å². The maximum atomic E-state index is 12.8. The number of hydrogen-bond acceptors (Lipinski definition) is 1. The summed E-state index contributed by atoms with van der Waals surface area (Å²) in [6, 6.07) is 3.53. The minimum absolute atomic E-state index is 0.527. The van der Waals surface area contributed by atoms with E-state index in [9.17, 15) is 8.78 Å². The lowest BCUT2D eigenvalue weighted by Gasteiger charge is -2.25. The number of hydrogen-bond donors (Lipinski definition) is 1. The van der Waals surface area contributed by atoms with Gasteiger partial charge < -0.3 is 5.32 Å². The number of benzene rings is 1. The predicted octanol–water partition coefficient (Wildman–Crippen LogP) is 3.18. The van der Waals surface area contributed by atoms with Gasteiger partial charge in [-0.2, -0.15) is 0 Å². The Morgan fingerprint density at radius 3 is 2.29 bits per heavy atom. The second-order valence-corrected chi connectivity index (χ2v) is 3.84. The van der Waals surface area contributed by atoms with Crippen LogP contribution in [0.2, 0.25) is 0 Å². The molecule has 2 rings (SSSR count). The molecule has 0 atom stereocenters. The lowest BCUT2D eigenvalue weighted by Crippen LogP contribution is -2.20. The van der Waals surface area contributed by atoms with Crippen LogP contribution >= 0.6 is 0 Å². The fourth-order valence-corrected chi connectivity index (χ4v) is 1.62. The second kappa shape index (κ2) is 3.95. The fraction of sp³-hybridized carbons (Fsp3) is 0.455. The molecular weight excluding hydrogens is 184 g/mol. The number of anilines is 1. The van der Waals surface area contributed by atoms with Crippen LogP contribution in [0.5, 0.6) is 0 Å². The third-order valence-corrected chi connectivity index (χ3v) is 2.68. The minimum atomic E-state index is -0.527. The van der Waals surface area contributed by atoms with Crippen molar-refractivity contribution in [3.05, 3.63) is 29.8 Å². The van der Waals surface area contributed by atoms with Gasteiger partial charge >= 0.3 is 0 Å². The molecule has 0 bridgehead atoms. The first-order valence-electron chi connectivity index (χ1n) is 4.94. The van der Waals surface area contributed by atoms with Gasteiger partial charge in [-0.3, -0.25) is 0 Å². The first-order valence-corrected chi connectivity index (χ1v) is 4.94. The van der Waals surface area contributed by atoms with E-state index in [2.05, 4.69) is 5.32 Å². The highest BCUT2D eigenvalue weighted by Gasteiger charge is 2.16. The molecule has 1 fully saturated rings. The van der Waals surface area contributed by atoms with Crippen molar-refractivity contribution >= 4 is 5.69 Å². The Bertz CT molecular complexity index is 301. The van der Waals surface area contributed by atoms with Crippen LogP contribution in [0.4, 0.5) is 14.5 Å².